The molecule has 0 fully saturated rings. The molecule has 28 heavy (non-hydrogen) atoms. The number of carbonyl (C=O) groups is 1. The van der Waals surface area contributed by atoms with Crippen molar-refractivity contribution in [2.45, 2.75) is 19.9 Å². The van der Waals surface area contributed by atoms with Gasteiger partial charge in [-0.2, -0.15) is 0 Å². The number of hydrogen-bond acceptors (Lipinski definition) is 5. The van der Waals surface area contributed by atoms with E-state index < -0.39 is 0 Å². The zero-order valence-corrected chi connectivity index (χ0v) is 16.9. The molecule has 0 atom stereocenters. The number of halogens is 2. The summed E-state index contributed by atoms with van der Waals surface area (Å²) in [5, 5.41) is 12.0. The standard InChI is InChI=1S/C20H20Cl2N4O2/c1-2-11-26(12-18(27)23-17-10-6-5-9-16(17)22)13-19-24-25-20(28-19)14-7-3-4-8-15(14)21/h3-10H,2,11-13H2,1H3,(H,23,27). The first-order valence-corrected chi connectivity index (χ1v) is 9.66. The maximum atomic E-state index is 12.4. The van der Waals surface area contributed by atoms with Gasteiger partial charge >= 0.3 is 0 Å². The Hall–Kier alpha value is -2.41. The van der Waals surface area contributed by atoms with E-state index in [-0.39, 0.29) is 12.5 Å². The molecule has 0 spiro atoms. The van der Waals surface area contributed by atoms with Gasteiger partial charge in [0, 0.05) is 0 Å². The third-order valence-corrected chi connectivity index (χ3v) is 4.64. The van der Waals surface area contributed by atoms with Gasteiger partial charge in [-0.3, -0.25) is 9.69 Å². The molecule has 146 valence electrons. The molecule has 3 aromatic rings. The molecule has 1 aromatic heterocycles. The van der Waals surface area contributed by atoms with Crippen LogP contribution in [-0.2, 0) is 11.3 Å². The molecule has 6 nitrogen and oxygen atoms in total. The number of nitrogens with one attached hydrogen (secondary N) is 1. The van der Waals surface area contributed by atoms with Gasteiger partial charge in [0.05, 0.1) is 34.4 Å². The van der Waals surface area contributed by atoms with Gasteiger partial charge in [-0.05, 0) is 37.2 Å². The highest BCUT2D eigenvalue weighted by Gasteiger charge is 2.17. The first-order valence-electron chi connectivity index (χ1n) is 8.91. The van der Waals surface area contributed by atoms with E-state index in [1.807, 2.05) is 42.2 Å². The number of para-hydroxylation sites is 1. The molecule has 0 aliphatic rings. The second-order valence-electron chi connectivity index (χ2n) is 6.22. The van der Waals surface area contributed by atoms with Crippen molar-refractivity contribution >= 4 is 34.8 Å². The van der Waals surface area contributed by atoms with Crippen LogP contribution in [0.3, 0.4) is 0 Å². The number of anilines is 1. The Bertz CT molecular complexity index is 945. The number of hydrogen-bond donors (Lipinski definition) is 1. The third-order valence-electron chi connectivity index (χ3n) is 3.98. The monoisotopic (exact) mass is 418 g/mol. The number of carbonyl (C=O) groups excluding carboxylic acids is 1. The van der Waals surface area contributed by atoms with Crippen molar-refractivity contribution < 1.29 is 9.21 Å². The lowest BCUT2D eigenvalue weighted by atomic mass is 10.2. The highest BCUT2D eigenvalue weighted by Crippen LogP contribution is 2.26. The van der Waals surface area contributed by atoms with Crippen LogP contribution in [0.4, 0.5) is 5.69 Å². The highest BCUT2D eigenvalue weighted by molar-refractivity contribution is 6.33. The lowest BCUT2D eigenvalue weighted by molar-refractivity contribution is -0.117. The number of aromatic nitrogens is 2. The smallest absolute Gasteiger partial charge is 0.249 e. The van der Waals surface area contributed by atoms with Crippen molar-refractivity contribution in [2.24, 2.45) is 0 Å². The quantitative estimate of drug-likeness (QED) is 0.563. The maximum absolute atomic E-state index is 12.4. The summed E-state index contributed by atoms with van der Waals surface area (Å²) >= 11 is 12.3. The van der Waals surface area contributed by atoms with Crippen LogP contribution in [0.2, 0.25) is 10.0 Å². The van der Waals surface area contributed by atoms with Gasteiger partial charge in [0.25, 0.3) is 0 Å². The Balaban J connectivity index is 1.66. The van der Waals surface area contributed by atoms with E-state index in [0.29, 0.717) is 46.2 Å². The van der Waals surface area contributed by atoms with Gasteiger partial charge in [0.15, 0.2) is 0 Å². The predicted octanol–water partition coefficient (Wildman–Crippen LogP) is 4.89. The highest BCUT2D eigenvalue weighted by atomic mass is 35.5. The number of rotatable bonds is 8. The van der Waals surface area contributed by atoms with Gasteiger partial charge in [0.1, 0.15) is 0 Å². The summed E-state index contributed by atoms with van der Waals surface area (Å²) < 4.78 is 5.75. The second-order valence-corrected chi connectivity index (χ2v) is 7.03. The van der Waals surface area contributed by atoms with E-state index in [1.54, 1.807) is 18.2 Å². The maximum Gasteiger partial charge on any atom is 0.249 e. The van der Waals surface area contributed by atoms with Gasteiger partial charge in [-0.25, -0.2) is 0 Å². The van der Waals surface area contributed by atoms with Crippen LogP contribution in [0, 0.1) is 0 Å². The minimum Gasteiger partial charge on any atom is -0.419 e. The van der Waals surface area contributed by atoms with Gasteiger partial charge in [0.2, 0.25) is 17.7 Å². The van der Waals surface area contributed by atoms with Crippen molar-refractivity contribution in [3.8, 4) is 11.5 Å². The lowest BCUT2D eigenvalue weighted by Gasteiger charge is -2.19. The van der Waals surface area contributed by atoms with Crippen LogP contribution in [-0.4, -0.2) is 34.1 Å². The molecular formula is C20H20Cl2N4O2. The zero-order chi connectivity index (χ0) is 19.9. The van der Waals surface area contributed by atoms with Crippen molar-refractivity contribution in [1.29, 1.82) is 0 Å². The molecule has 8 heteroatoms. The molecule has 0 bridgehead atoms. The normalized spacial score (nSPS) is 11.0. The molecule has 2 aromatic carbocycles. The number of nitrogens with zero attached hydrogens (tertiary/aromatic N) is 3. The fourth-order valence-corrected chi connectivity index (χ4v) is 3.14. The van der Waals surface area contributed by atoms with Crippen molar-refractivity contribution in [2.75, 3.05) is 18.4 Å². The summed E-state index contributed by atoms with van der Waals surface area (Å²) in [6, 6.07) is 14.4. The third kappa shape index (κ3) is 5.32. The molecule has 0 unspecified atom stereocenters. The minimum atomic E-state index is -0.160. The van der Waals surface area contributed by atoms with Crippen molar-refractivity contribution in [1.82, 2.24) is 15.1 Å². The van der Waals surface area contributed by atoms with E-state index in [0.717, 1.165) is 6.42 Å². The van der Waals surface area contributed by atoms with Crippen LogP contribution < -0.4 is 5.32 Å². The fourth-order valence-electron chi connectivity index (χ4n) is 2.74. The summed E-state index contributed by atoms with van der Waals surface area (Å²) in [4.78, 5) is 14.4. The van der Waals surface area contributed by atoms with Crippen LogP contribution in [0.5, 0.6) is 0 Å². The Labute approximate surface area is 173 Å². The summed E-state index contributed by atoms with van der Waals surface area (Å²) in [5.74, 6) is 0.624. The van der Waals surface area contributed by atoms with Crippen molar-refractivity contribution in [3.63, 3.8) is 0 Å². The van der Waals surface area contributed by atoms with E-state index in [9.17, 15) is 4.79 Å². The topological polar surface area (TPSA) is 71.3 Å². The lowest BCUT2D eigenvalue weighted by Crippen LogP contribution is -2.33. The van der Waals surface area contributed by atoms with Crippen LogP contribution >= 0.6 is 23.2 Å². The van der Waals surface area contributed by atoms with Crippen LogP contribution in [0.25, 0.3) is 11.5 Å². The zero-order valence-electron chi connectivity index (χ0n) is 15.4. The van der Waals surface area contributed by atoms with E-state index in [4.69, 9.17) is 27.6 Å². The van der Waals surface area contributed by atoms with Crippen LogP contribution in [0.1, 0.15) is 19.2 Å². The molecule has 3 rings (SSSR count). The summed E-state index contributed by atoms with van der Waals surface area (Å²) in [7, 11) is 0. The van der Waals surface area contributed by atoms with Crippen LogP contribution in [0.15, 0.2) is 52.9 Å². The summed E-state index contributed by atoms with van der Waals surface area (Å²) in [6.07, 6.45) is 0.880. The second kappa shape index (κ2) is 9.68. The first kappa shape index (κ1) is 20.3. The molecule has 0 saturated carbocycles. The average molecular weight is 419 g/mol. The molecule has 0 aliphatic carbocycles. The van der Waals surface area contributed by atoms with Crippen molar-refractivity contribution in [3.05, 3.63) is 64.5 Å². The Morgan fingerprint density at radius 1 is 1.07 bits per heavy atom. The average Bonchev–Trinajstić information content (AvgIpc) is 3.12. The molecule has 0 aliphatic heterocycles. The number of benzene rings is 2. The summed E-state index contributed by atoms with van der Waals surface area (Å²) in [6.45, 7) is 3.30. The van der Waals surface area contributed by atoms with E-state index >= 15 is 0 Å². The molecular weight excluding hydrogens is 399 g/mol. The summed E-state index contributed by atoms with van der Waals surface area (Å²) in [5.41, 5.74) is 1.27. The largest absolute Gasteiger partial charge is 0.419 e. The fraction of sp³-hybridized carbons (Fsp3) is 0.250. The van der Waals surface area contributed by atoms with Gasteiger partial charge in [-0.1, -0.05) is 54.4 Å². The molecule has 0 radical (unpaired) electrons. The predicted molar refractivity (Wildman–Crippen MR) is 110 cm³/mol. The Morgan fingerprint density at radius 2 is 1.79 bits per heavy atom. The SMILES string of the molecule is CCCN(CC(=O)Nc1ccccc1Cl)Cc1nnc(-c2ccccc2Cl)o1. The van der Waals surface area contributed by atoms with Gasteiger partial charge in [-0.15, -0.1) is 10.2 Å². The molecule has 1 amide bonds. The first-order chi connectivity index (χ1) is 13.6. The number of amides is 1. The van der Waals surface area contributed by atoms with Gasteiger partial charge < -0.3 is 9.73 Å². The Kier molecular flexibility index (Phi) is 7.03. The molecule has 1 N–H and O–H groups in total. The van der Waals surface area contributed by atoms with E-state index in [1.165, 1.54) is 0 Å². The molecule has 0 saturated heterocycles. The van der Waals surface area contributed by atoms with E-state index in [2.05, 4.69) is 15.5 Å². The Morgan fingerprint density at radius 3 is 2.50 bits per heavy atom. The minimum absolute atomic E-state index is 0.160. The molecule has 1 heterocycles.